The van der Waals surface area contributed by atoms with Crippen molar-refractivity contribution < 1.29 is 5.11 Å². The first-order chi connectivity index (χ1) is 9.27. The summed E-state index contributed by atoms with van der Waals surface area (Å²) in [4.78, 5) is 0. The third-order valence-electron chi connectivity index (χ3n) is 3.18. The van der Waals surface area contributed by atoms with Crippen LogP contribution in [0.2, 0.25) is 5.02 Å². The van der Waals surface area contributed by atoms with Gasteiger partial charge in [0.1, 0.15) is 0 Å². The van der Waals surface area contributed by atoms with Crippen LogP contribution >= 0.6 is 22.9 Å². The van der Waals surface area contributed by atoms with Crippen LogP contribution in [0.15, 0.2) is 41.1 Å². The quantitative estimate of drug-likeness (QED) is 0.898. The van der Waals surface area contributed by atoms with Gasteiger partial charge in [-0.1, -0.05) is 41.9 Å². The van der Waals surface area contributed by atoms with Crippen molar-refractivity contribution in [2.45, 2.75) is 18.3 Å². The largest absolute Gasteiger partial charge is 0.396 e. The number of aliphatic hydroxyl groups excluding tert-OH is 1. The standard InChI is InChI=1S/C15H14ClNOS/c16-15-10-19-9-14(15)12(6-7-18)13(8-17)11-4-2-1-3-5-11/h1-5,9-10,12-13,18H,6-7H2/t12-,13-/m0/s1. The van der Waals surface area contributed by atoms with E-state index < -0.39 is 0 Å². The molecule has 0 bridgehead atoms. The van der Waals surface area contributed by atoms with Crippen molar-refractivity contribution in [1.29, 1.82) is 5.26 Å². The summed E-state index contributed by atoms with van der Waals surface area (Å²) in [5.41, 5.74) is 1.92. The van der Waals surface area contributed by atoms with Crippen molar-refractivity contribution in [1.82, 2.24) is 0 Å². The molecule has 1 heterocycles. The molecule has 0 saturated carbocycles. The lowest BCUT2D eigenvalue weighted by atomic mass is 9.81. The molecular formula is C15H14ClNOS. The van der Waals surface area contributed by atoms with Gasteiger partial charge in [-0.25, -0.2) is 0 Å². The number of thiophene rings is 1. The number of hydrogen-bond donors (Lipinski definition) is 1. The highest BCUT2D eigenvalue weighted by molar-refractivity contribution is 7.08. The Morgan fingerprint density at radius 1 is 1.26 bits per heavy atom. The van der Waals surface area contributed by atoms with Gasteiger partial charge >= 0.3 is 0 Å². The Kier molecular flexibility index (Phi) is 4.98. The van der Waals surface area contributed by atoms with Gasteiger partial charge in [0.15, 0.2) is 0 Å². The summed E-state index contributed by atoms with van der Waals surface area (Å²) in [5.74, 6) is -0.364. The number of nitrogens with zero attached hydrogens (tertiary/aromatic N) is 1. The van der Waals surface area contributed by atoms with Gasteiger partial charge in [-0.05, 0) is 22.9 Å². The molecule has 0 radical (unpaired) electrons. The molecule has 0 unspecified atom stereocenters. The fraction of sp³-hybridized carbons (Fsp3) is 0.267. The van der Waals surface area contributed by atoms with E-state index in [4.69, 9.17) is 11.6 Å². The van der Waals surface area contributed by atoms with Crippen LogP contribution in [0.25, 0.3) is 0 Å². The molecule has 98 valence electrons. The molecule has 4 heteroatoms. The van der Waals surface area contributed by atoms with Gasteiger partial charge in [-0.15, -0.1) is 0 Å². The van der Waals surface area contributed by atoms with Gasteiger partial charge in [-0.2, -0.15) is 16.6 Å². The third kappa shape index (κ3) is 3.16. The first-order valence-corrected chi connectivity index (χ1v) is 7.37. The van der Waals surface area contributed by atoms with Crippen molar-refractivity contribution in [3.8, 4) is 6.07 Å². The SMILES string of the molecule is N#C[C@@H](c1ccccc1)[C@H](CCO)c1cscc1Cl. The molecule has 0 amide bonds. The van der Waals surface area contributed by atoms with Crippen LogP contribution in [0, 0.1) is 11.3 Å². The molecule has 0 aliphatic heterocycles. The Bertz CT molecular complexity index is 561. The van der Waals surface area contributed by atoms with E-state index in [-0.39, 0.29) is 18.4 Å². The number of halogens is 1. The second-order valence-electron chi connectivity index (χ2n) is 4.31. The van der Waals surface area contributed by atoms with E-state index in [2.05, 4.69) is 6.07 Å². The topological polar surface area (TPSA) is 44.0 Å². The zero-order valence-electron chi connectivity index (χ0n) is 10.3. The fourth-order valence-corrected chi connectivity index (χ4v) is 3.44. The van der Waals surface area contributed by atoms with Gasteiger partial charge in [0.05, 0.1) is 17.0 Å². The highest BCUT2D eigenvalue weighted by Gasteiger charge is 2.26. The van der Waals surface area contributed by atoms with Crippen LogP contribution in [0.1, 0.15) is 29.4 Å². The summed E-state index contributed by atoms with van der Waals surface area (Å²) in [6.07, 6.45) is 0.531. The normalized spacial score (nSPS) is 13.7. The van der Waals surface area contributed by atoms with Gasteiger partial charge in [0.25, 0.3) is 0 Å². The van der Waals surface area contributed by atoms with E-state index in [0.29, 0.717) is 11.4 Å². The lowest BCUT2D eigenvalue weighted by molar-refractivity contribution is 0.272. The lowest BCUT2D eigenvalue weighted by Gasteiger charge is -2.21. The van der Waals surface area contributed by atoms with Crippen molar-refractivity contribution in [2.75, 3.05) is 6.61 Å². The Balaban J connectivity index is 2.38. The molecule has 1 aromatic carbocycles. The monoisotopic (exact) mass is 291 g/mol. The molecule has 0 spiro atoms. The van der Waals surface area contributed by atoms with E-state index in [1.165, 1.54) is 11.3 Å². The van der Waals surface area contributed by atoms with Crippen LogP contribution in [0.5, 0.6) is 0 Å². The number of hydrogen-bond acceptors (Lipinski definition) is 3. The number of benzene rings is 1. The van der Waals surface area contributed by atoms with Crippen molar-refractivity contribution in [3.05, 3.63) is 57.2 Å². The smallest absolute Gasteiger partial charge is 0.0782 e. The minimum atomic E-state index is -0.291. The molecule has 0 aliphatic rings. The maximum absolute atomic E-state index is 9.49. The molecular weight excluding hydrogens is 278 g/mol. The average Bonchev–Trinajstić information content (AvgIpc) is 2.86. The zero-order chi connectivity index (χ0) is 13.7. The van der Waals surface area contributed by atoms with E-state index in [0.717, 1.165) is 11.1 Å². The van der Waals surface area contributed by atoms with Gasteiger partial charge < -0.3 is 5.11 Å². The summed E-state index contributed by atoms with van der Waals surface area (Å²) < 4.78 is 0. The highest BCUT2D eigenvalue weighted by Crippen LogP contribution is 2.39. The van der Waals surface area contributed by atoms with E-state index in [1.807, 2.05) is 41.1 Å². The van der Waals surface area contributed by atoms with Crippen molar-refractivity contribution >= 4 is 22.9 Å². The van der Waals surface area contributed by atoms with Crippen LogP contribution in [-0.4, -0.2) is 11.7 Å². The maximum Gasteiger partial charge on any atom is 0.0782 e. The second-order valence-corrected chi connectivity index (χ2v) is 5.46. The molecule has 1 aromatic heterocycles. The average molecular weight is 292 g/mol. The van der Waals surface area contributed by atoms with Crippen molar-refractivity contribution in [3.63, 3.8) is 0 Å². The van der Waals surface area contributed by atoms with E-state index in [1.54, 1.807) is 0 Å². The van der Waals surface area contributed by atoms with E-state index >= 15 is 0 Å². The molecule has 0 saturated heterocycles. The van der Waals surface area contributed by atoms with Crippen LogP contribution in [-0.2, 0) is 0 Å². The fourth-order valence-electron chi connectivity index (χ4n) is 2.25. The Labute approximate surface area is 121 Å². The van der Waals surface area contributed by atoms with Gasteiger partial charge in [0.2, 0.25) is 0 Å². The highest BCUT2D eigenvalue weighted by atomic mass is 35.5. The van der Waals surface area contributed by atoms with Crippen LogP contribution in [0.3, 0.4) is 0 Å². The molecule has 0 aliphatic carbocycles. The summed E-state index contributed by atoms with van der Waals surface area (Å²) in [7, 11) is 0. The molecule has 2 nitrogen and oxygen atoms in total. The summed E-state index contributed by atoms with van der Waals surface area (Å²) >= 11 is 7.70. The maximum atomic E-state index is 9.49. The zero-order valence-corrected chi connectivity index (χ0v) is 11.9. The molecule has 2 aromatic rings. The predicted octanol–water partition coefficient (Wildman–Crippen LogP) is 4.17. The molecule has 2 rings (SSSR count). The Morgan fingerprint density at radius 3 is 2.53 bits per heavy atom. The number of rotatable bonds is 5. The predicted molar refractivity (Wildman–Crippen MR) is 78.6 cm³/mol. The number of nitriles is 1. The summed E-state index contributed by atoms with van der Waals surface area (Å²) in [6, 6.07) is 12.0. The van der Waals surface area contributed by atoms with Gasteiger partial charge in [0, 0.05) is 17.9 Å². The Morgan fingerprint density at radius 2 is 2.00 bits per heavy atom. The number of aliphatic hydroxyl groups is 1. The first kappa shape index (κ1) is 14.1. The Hall–Kier alpha value is -1.34. The van der Waals surface area contributed by atoms with Crippen LogP contribution < -0.4 is 0 Å². The molecule has 2 atom stereocenters. The first-order valence-electron chi connectivity index (χ1n) is 6.05. The third-order valence-corrected chi connectivity index (χ3v) is 4.40. The summed E-state index contributed by atoms with van der Waals surface area (Å²) in [5, 5.41) is 23.3. The van der Waals surface area contributed by atoms with Crippen molar-refractivity contribution in [2.24, 2.45) is 0 Å². The molecule has 0 fully saturated rings. The minimum Gasteiger partial charge on any atom is -0.396 e. The molecule has 19 heavy (non-hydrogen) atoms. The minimum absolute atomic E-state index is 0.0435. The van der Waals surface area contributed by atoms with E-state index in [9.17, 15) is 10.4 Å². The van der Waals surface area contributed by atoms with Gasteiger partial charge in [-0.3, -0.25) is 0 Å². The second kappa shape index (κ2) is 6.72. The molecule has 1 N–H and O–H groups in total. The summed E-state index contributed by atoms with van der Waals surface area (Å²) in [6.45, 7) is 0.0435. The van der Waals surface area contributed by atoms with Crippen LogP contribution in [0.4, 0.5) is 0 Å². The lowest BCUT2D eigenvalue weighted by Crippen LogP contribution is -2.11.